The van der Waals surface area contributed by atoms with Crippen LogP contribution in [0.5, 0.6) is 11.5 Å². The Balaban J connectivity index is 1.79. The van der Waals surface area contributed by atoms with E-state index in [9.17, 15) is 9.59 Å². The van der Waals surface area contributed by atoms with Crippen LogP contribution in [0.2, 0.25) is 0 Å². The summed E-state index contributed by atoms with van der Waals surface area (Å²) in [6.45, 7) is 0.394. The molecule has 0 aliphatic heterocycles. The summed E-state index contributed by atoms with van der Waals surface area (Å²) in [7, 11) is 1.53. The molecule has 1 aromatic heterocycles. The highest BCUT2D eigenvalue weighted by molar-refractivity contribution is 7.71. The van der Waals surface area contributed by atoms with Gasteiger partial charge in [-0.05, 0) is 41.5 Å². The van der Waals surface area contributed by atoms with E-state index < -0.39 is 11.5 Å². The zero-order valence-electron chi connectivity index (χ0n) is 16.6. The summed E-state index contributed by atoms with van der Waals surface area (Å²) in [6, 6.07) is 15.0. The molecule has 0 atom stereocenters. The van der Waals surface area contributed by atoms with Crippen LogP contribution < -0.4 is 15.0 Å². The quantitative estimate of drug-likeness (QED) is 0.388. The average molecular weight is 440 g/mol. The third kappa shape index (κ3) is 5.86. The third-order valence-electron chi connectivity index (χ3n) is 4.24. The predicted molar refractivity (Wildman–Crippen MR) is 116 cm³/mol. The summed E-state index contributed by atoms with van der Waals surface area (Å²) in [5.41, 5.74) is 1.14. The number of aliphatic carboxylic acids is 1. The molecule has 31 heavy (non-hydrogen) atoms. The van der Waals surface area contributed by atoms with Crippen LogP contribution in [-0.2, 0) is 17.8 Å². The maximum Gasteiger partial charge on any atom is 0.303 e. The molecule has 9 nitrogen and oxygen atoms in total. The van der Waals surface area contributed by atoms with Crippen molar-refractivity contribution >= 4 is 24.4 Å². The Morgan fingerprint density at radius 2 is 2.03 bits per heavy atom. The fraction of sp³-hybridized carbons (Fsp3) is 0.190. The number of nitrogens with zero attached hydrogens (tertiary/aromatic N) is 3. The highest BCUT2D eigenvalue weighted by atomic mass is 32.1. The SMILES string of the molecule is COc1cc(/C=N\n2c(=S)[nH]nc(CCC(=O)O)c2=O)ccc1OCc1ccccc1. The van der Waals surface area contributed by atoms with E-state index in [1.165, 1.54) is 13.3 Å². The van der Waals surface area contributed by atoms with Crippen molar-refractivity contribution in [3.63, 3.8) is 0 Å². The molecule has 0 aliphatic rings. The van der Waals surface area contributed by atoms with E-state index >= 15 is 0 Å². The van der Waals surface area contributed by atoms with Crippen molar-refractivity contribution in [2.45, 2.75) is 19.4 Å². The smallest absolute Gasteiger partial charge is 0.303 e. The highest BCUT2D eigenvalue weighted by Crippen LogP contribution is 2.28. The maximum atomic E-state index is 12.5. The number of nitrogens with one attached hydrogen (secondary N) is 1. The van der Waals surface area contributed by atoms with Gasteiger partial charge in [-0.2, -0.15) is 14.9 Å². The number of hydrogen-bond donors (Lipinski definition) is 2. The number of carboxylic acids is 1. The van der Waals surface area contributed by atoms with Crippen LogP contribution in [-0.4, -0.2) is 39.3 Å². The molecule has 3 aromatic rings. The molecule has 0 bridgehead atoms. The first kappa shape index (κ1) is 21.9. The lowest BCUT2D eigenvalue weighted by Crippen LogP contribution is -2.25. The van der Waals surface area contributed by atoms with Crippen LogP contribution in [0.4, 0.5) is 0 Å². The molecule has 0 fully saturated rings. The lowest BCUT2D eigenvalue weighted by Gasteiger charge is -2.11. The van der Waals surface area contributed by atoms with Crippen LogP contribution >= 0.6 is 12.2 Å². The number of aryl methyl sites for hydroxylation is 1. The number of aromatic amines is 1. The number of methoxy groups -OCH3 is 1. The lowest BCUT2D eigenvalue weighted by molar-refractivity contribution is -0.136. The van der Waals surface area contributed by atoms with Crippen LogP contribution in [0.1, 0.15) is 23.2 Å². The molecule has 2 N–H and O–H groups in total. The van der Waals surface area contributed by atoms with E-state index in [0.29, 0.717) is 23.7 Å². The fourth-order valence-electron chi connectivity index (χ4n) is 2.66. The second-order valence-corrected chi connectivity index (χ2v) is 6.80. The van der Waals surface area contributed by atoms with Gasteiger partial charge in [0.25, 0.3) is 5.56 Å². The Morgan fingerprint density at radius 3 is 2.74 bits per heavy atom. The topological polar surface area (TPSA) is 119 Å². The summed E-state index contributed by atoms with van der Waals surface area (Å²) in [5.74, 6) is 0.0486. The number of rotatable bonds is 9. The number of carbonyl (C=O) groups is 1. The summed E-state index contributed by atoms with van der Waals surface area (Å²) in [4.78, 5) is 23.2. The lowest BCUT2D eigenvalue weighted by atomic mass is 10.2. The van der Waals surface area contributed by atoms with Gasteiger partial charge < -0.3 is 14.6 Å². The molecule has 2 aromatic carbocycles. The maximum absolute atomic E-state index is 12.5. The van der Waals surface area contributed by atoms with Gasteiger partial charge in [-0.25, -0.2) is 0 Å². The van der Waals surface area contributed by atoms with Crippen molar-refractivity contribution in [1.29, 1.82) is 0 Å². The summed E-state index contributed by atoms with van der Waals surface area (Å²) in [5, 5.41) is 19.2. The molecule has 0 spiro atoms. The van der Waals surface area contributed by atoms with Crippen molar-refractivity contribution < 1.29 is 19.4 Å². The second-order valence-electron chi connectivity index (χ2n) is 6.42. The predicted octanol–water partition coefficient (Wildman–Crippen LogP) is 2.79. The first-order chi connectivity index (χ1) is 15.0. The summed E-state index contributed by atoms with van der Waals surface area (Å²) >= 11 is 5.07. The Kier molecular flexibility index (Phi) is 7.28. The van der Waals surface area contributed by atoms with E-state index in [4.69, 9.17) is 26.8 Å². The van der Waals surface area contributed by atoms with Gasteiger partial charge in [0.1, 0.15) is 12.3 Å². The van der Waals surface area contributed by atoms with Gasteiger partial charge in [0, 0.05) is 6.42 Å². The minimum atomic E-state index is -1.03. The van der Waals surface area contributed by atoms with E-state index in [1.54, 1.807) is 18.2 Å². The van der Waals surface area contributed by atoms with E-state index in [2.05, 4.69) is 15.3 Å². The van der Waals surface area contributed by atoms with Crippen LogP contribution in [0.15, 0.2) is 58.4 Å². The molecule has 10 heteroatoms. The van der Waals surface area contributed by atoms with E-state index in [1.807, 2.05) is 30.3 Å². The zero-order chi connectivity index (χ0) is 22.2. The Hall–Kier alpha value is -3.79. The number of hydrogen-bond acceptors (Lipinski definition) is 7. The molecular weight excluding hydrogens is 420 g/mol. The van der Waals surface area contributed by atoms with Gasteiger partial charge in [0.15, 0.2) is 11.5 Å². The number of carboxylic acid groups (broad SMARTS) is 1. The van der Waals surface area contributed by atoms with Gasteiger partial charge in [-0.1, -0.05) is 30.3 Å². The number of ether oxygens (including phenoxy) is 2. The Bertz CT molecular complexity index is 1200. The largest absolute Gasteiger partial charge is 0.493 e. The van der Waals surface area contributed by atoms with Crippen molar-refractivity contribution in [3.8, 4) is 11.5 Å². The van der Waals surface area contributed by atoms with Gasteiger partial charge in [-0.3, -0.25) is 14.7 Å². The second kappa shape index (κ2) is 10.3. The van der Waals surface area contributed by atoms with Gasteiger partial charge >= 0.3 is 5.97 Å². The summed E-state index contributed by atoms with van der Waals surface area (Å²) < 4.78 is 12.2. The molecule has 160 valence electrons. The number of benzene rings is 2. The first-order valence-corrected chi connectivity index (χ1v) is 9.70. The monoisotopic (exact) mass is 440 g/mol. The molecule has 0 amide bonds. The number of H-pyrrole nitrogens is 1. The van der Waals surface area contributed by atoms with Crippen LogP contribution in [0, 0.1) is 4.77 Å². The van der Waals surface area contributed by atoms with Crippen LogP contribution in [0.25, 0.3) is 0 Å². The van der Waals surface area contributed by atoms with Gasteiger partial charge in [-0.15, -0.1) is 0 Å². The molecule has 0 saturated carbocycles. The number of aromatic nitrogens is 3. The average Bonchev–Trinajstić information content (AvgIpc) is 2.78. The van der Waals surface area contributed by atoms with E-state index in [-0.39, 0.29) is 23.3 Å². The standard InChI is InChI=1S/C21H20N4O5S/c1-29-18-11-15(7-9-17(18)30-13-14-5-3-2-4-6-14)12-22-25-20(28)16(8-10-19(26)27)23-24-21(25)31/h2-7,9,11-12H,8,10,13H2,1H3,(H,24,31)(H,26,27)/b22-12-. The molecule has 3 rings (SSSR count). The minimum absolute atomic E-state index is 0.00453. The summed E-state index contributed by atoms with van der Waals surface area (Å²) in [6.07, 6.45) is 1.19. The fourth-order valence-corrected chi connectivity index (χ4v) is 2.84. The minimum Gasteiger partial charge on any atom is -0.493 e. The molecule has 0 unspecified atom stereocenters. The normalized spacial score (nSPS) is 10.9. The Labute approximate surface area is 182 Å². The zero-order valence-corrected chi connectivity index (χ0v) is 17.5. The molecule has 0 saturated heterocycles. The molecule has 0 aliphatic carbocycles. The Morgan fingerprint density at radius 1 is 1.26 bits per heavy atom. The van der Waals surface area contributed by atoms with Crippen molar-refractivity contribution in [2.75, 3.05) is 7.11 Å². The van der Waals surface area contributed by atoms with Crippen molar-refractivity contribution in [2.24, 2.45) is 5.10 Å². The molecule has 1 heterocycles. The van der Waals surface area contributed by atoms with Crippen LogP contribution in [0.3, 0.4) is 0 Å². The first-order valence-electron chi connectivity index (χ1n) is 9.29. The third-order valence-corrected chi connectivity index (χ3v) is 4.51. The molecular formula is C21H20N4O5S. The van der Waals surface area contributed by atoms with Gasteiger partial charge in [0.2, 0.25) is 4.77 Å². The highest BCUT2D eigenvalue weighted by Gasteiger charge is 2.10. The molecule has 0 radical (unpaired) electrons. The van der Waals surface area contributed by atoms with Gasteiger partial charge in [0.05, 0.1) is 19.7 Å². The van der Waals surface area contributed by atoms with Crippen molar-refractivity contribution in [3.05, 3.63) is 80.5 Å². The van der Waals surface area contributed by atoms with E-state index in [0.717, 1.165) is 10.2 Å². The van der Waals surface area contributed by atoms with Crippen molar-refractivity contribution in [1.82, 2.24) is 14.9 Å².